The Kier molecular flexibility index (Phi) is 7.10. The van der Waals surface area contributed by atoms with Crippen LogP contribution >= 0.6 is 15.9 Å². The molecule has 0 spiro atoms. The zero-order valence-corrected chi connectivity index (χ0v) is 18.7. The Morgan fingerprint density at radius 2 is 1.81 bits per heavy atom. The molecule has 0 fully saturated rings. The third kappa shape index (κ3) is 5.83. The summed E-state index contributed by atoms with van der Waals surface area (Å²) in [4.78, 5) is 12.4. The van der Waals surface area contributed by atoms with Crippen molar-refractivity contribution >= 4 is 21.8 Å². The second-order valence-corrected chi connectivity index (χ2v) is 8.91. The first-order chi connectivity index (χ1) is 12.6. The Hall–Kier alpha value is -1.81. The Labute approximate surface area is 171 Å². The van der Waals surface area contributed by atoms with E-state index in [4.69, 9.17) is 4.74 Å². The van der Waals surface area contributed by atoms with E-state index in [0.29, 0.717) is 5.75 Å². The van der Waals surface area contributed by atoms with Gasteiger partial charge in [-0.15, -0.1) is 0 Å². The van der Waals surface area contributed by atoms with Gasteiger partial charge < -0.3 is 10.1 Å². The van der Waals surface area contributed by atoms with E-state index in [-0.39, 0.29) is 24.0 Å². The largest absolute Gasteiger partial charge is 0.483 e. The summed E-state index contributed by atoms with van der Waals surface area (Å²) in [7, 11) is 0. The van der Waals surface area contributed by atoms with E-state index in [1.54, 1.807) is 0 Å². The van der Waals surface area contributed by atoms with Gasteiger partial charge in [-0.1, -0.05) is 52.0 Å². The third-order valence-electron chi connectivity index (χ3n) is 4.83. The molecule has 27 heavy (non-hydrogen) atoms. The topological polar surface area (TPSA) is 38.3 Å². The van der Waals surface area contributed by atoms with Gasteiger partial charge in [-0.2, -0.15) is 0 Å². The molecule has 2 aromatic rings. The molecule has 3 nitrogen and oxygen atoms in total. The zero-order chi connectivity index (χ0) is 20.2. The minimum Gasteiger partial charge on any atom is -0.483 e. The van der Waals surface area contributed by atoms with Gasteiger partial charge in [-0.25, -0.2) is 0 Å². The fourth-order valence-electron chi connectivity index (χ4n) is 2.87. The molecule has 0 aliphatic rings. The first-order valence-corrected chi connectivity index (χ1v) is 10.2. The number of ether oxygens (including phenoxy) is 1. The Morgan fingerprint density at radius 3 is 2.37 bits per heavy atom. The first-order valence-electron chi connectivity index (χ1n) is 9.41. The molecule has 1 amide bonds. The van der Waals surface area contributed by atoms with Crippen LogP contribution in [0.3, 0.4) is 0 Å². The SMILES string of the molecule is CC[C@H](NC(=O)COc1ccc(C(C)(C)C)cc1Br)c1ccc(C)c(C)c1. The van der Waals surface area contributed by atoms with Gasteiger partial charge >= 0.3 is 0 Å². The average Bonchev–Trinajstić information content (AvgIpc) is 2.60. The molecule has 1 N–H and O–H groups in total. The summed E-state index contributed by atoms with van der Waals surface area (Å²) in [6.45, 7) is 12.8. The van der Waals surface area contributed by atoms with Crippen LogP contribution < -0.4 is 10.1 Å². The van der Waals surface area contributed by atoms with Crippen molar-refractivity contribution in [1.82, 2.24) is 5.32 Å². The molecular formula is C23H30BrNO2. The van der Waals surface area contributed by atoms with Crippen molar-refractivity contribution in [2.45, 2.75) is 59.4 Å². The number of hydrogen-bond donors (Lipinski definition) is 1. The fraction of sp³-hybridized carbons (Fsp3) is 0.435. The highest BCUT2D eigenvalue weighted by molar-refractivity contribution is 9.10. The standard InChI is InChI=1S/C23H30BrNO2/c1-7-20(17-9-8-15(2)16(3)12-17)25-22(26)14-27-21-11-10-18(13-19(21)24)23(4,5)6/h8-13,20H,7,14H2,1-6H3,(H,25,26)/t20-/m0/s1. The summed E-state index contributed by atoms with van der Waals surface area (Å²) in [6, 6.07) is 12.3. The highest BCUT2D eigenvalue weighted by atomic mass is 79.9. The van der Waals surface area contributed by atoms with Crippen LogP contribution in [0.4, 0.5) is 0 Å². The van der Waals surface area contributed by atoms with Crippen LogP contribution in [-0.4, -0.2) is 12.5 Å². The predicted octanol–water partition coefficient (Wildman–Crippen LogP) is 6.01. The molecule has 0 aliphatic carbocycles. The van der Waals surface area contributed by atoms with Crippen molar-refractivity contribution in [1.29, 1.82) is 0 Å². The molecule has 146 valence electrons. The van der Waals surface area contributed by atoms with Crippen molar-refractivity contribution < 1.29 is 9.53 Å². The van der Waals surface area contributed by atoms with Gasteiger partial charge in [0.05, 0.1) is 10.5 Å². The van der Waals surface area contributed by atoms with Crippen molar-refractivity contribution in [3.8, 4) is 5.75 Å². The van der Waals surface area contributed by atoms with E-state index in [9.17, 15) is 4.79 Å². The lowest BCUT2D eigenvalue weighted by atomic mass is 9.87. The molecule has 0 bridgehead atoms. The quantitative estimate of drug-likeness (QED) is 0.607. The van der Waals surface area contributed by atoms with Gasteiger partial charge in [0.2, 0.25) is 0 Å². The minimum absolute atomic E-state index is 0.00515. The molecule has 4 heteroatoms. The van der Waals surface area contributed by atoms with Crippen LogP contribution in [0.25, 0.3) is 0 Å². The molecule has 2 rings (SSSR count). The van der Waals surface area contributed by atoms with Gasteiger partial charge in [-0.3, -0.25) is 4.79 Å². The number of halogens is 1. The minimum atomic E-state index is -0.119. The molecule has 0 saturated heterocycles. The predicted molar refractivity (Wildman–Crippen MR) is 115 cm³/mol. The van der Waals surface area contributed by atoms with Gasteiger partial charge in [0, 0.05) is 0 Å². The molecule has 0 saturated carbocycles. The highest BCUT2D eigenvalue weighted by Crippen LogP contribution is 2.31. The lowest BCUT2D eigenvalue weighted by Gasteiger charge is -2.21. The fourth-order valence-corrected chi connectivity index (χ4v) is 3.36. The van der Waals surface area contributed by atoms with Crippen LogP contribution in [0.15, 0.2) is 40.9 Å². The molecule has 2 aromatic carbocycles. The summed E-state index contributed by atoms with van der Waals surface area (Å²) < 4.78 is 6.60. The van der Waals surface area contributed by atoms with E-state index >= 15 is 0 Å². The molecular weight excluding hydrogens is 402 g/mol. The van der Waals surface area contributed by atoms with Crippen molar-refractivity contribution in [2.75, 3.05) is 6.61 Å². The maximum atomic E-state index is 12.4. The van der Waals surface area contributed by atoms with Crippen LogP contribution in [0.5, 0.6) is 5.75 Å². The lowest BCUT2D eigenvalue weighted by Crippen LogP contribution is -2.32. The van der Waals surface area contributed by atoms with Gasteiger partial charge in [0.25, 0.3) is 5.91 Å². The molecule has 0 aliphatic heterocycles. The maximum Gasteiger partial charge on any atom is 0.258 e. The van der Waals surface area contributed by atoms with Gasteiger partial charge in [0.15, 0.2) is 6.61 Å². The highest BCUT2D eigenvalue weighted by Gasteiger charge is 2.17. The summed E-state index contributed by atoms with van der Waals surface area (Å²) in [5.41, 5.74) is 4.90. The second kappa shape index (κ2) is 8.92. The zero-order valence-electron chi connectivity index (χ0n) is 17.2. The summed E-state index contributed by atoms with van der Waals surface area (Å²) >= 11 is 3.55. The van der Waals surface area contributed by atoms with E-state index in [1.807, 2.05) is 12.1 Å². The summed E-state index contributed by atoms with van der Waals surface area (Å²) in [6.07, 6.45) is 0.832. The molecule has 0 aromatic heterocycles. The number of carbonyl (C=O) groups is 1. The number of rotatable bonds is 6. The number of hydrogen-bond acceptors (Lipinski definition) is 2. The third-order valence-corrected chi connectivity index (χ3v) is 5.45. The summed E-state index contributed by atoms with van der Waals surface area (Å²) in [5, 5.41) is 3.08. The van der Waals surface area contributed by atoms with E-state index in [1.165, 1.54) is 16.7 Å². The van der Waals surface area contributed by atoms with Crippen molar-refractivity contribution in [2.24, 2.45) is 0 Å². The lowest BCUT2D eigenvalue weighted by molar-refractivity contribution is -0.123. The summed E-state index contributed by atoms with van der Waals surface area (Å²) in [5.74, 6) is 0.559. The van der Waals surface area contributed by atoms with E-state index in [2.05, 4.69) is 87.1 Å². The first kappa shape index (κ1) is 21.5. The van der Waals surface area contributed by atoms with Crippen LogP contribution in [0.2, 0.25) is 0 Å². The Morgan fingerprint density at radius 1 is 1.11 bits per heavy atom. The Balaban J connectivity index is 1.99. The normalized spacial score (nSPS) is 12.6. The van der Waals surface area contributed by atoms with E-state index in [0.717, 1.165) is 16.5 Å². The van der Waals surface area contributed by atoms with Crippen molar-refractivity contribution in [3.05, 3.63) is 63.1 Å². The number of carbonyl (C=O) groups excluding carboxylic acids is 1. The molecule has 0 unspecified atom stereocenters. The number of aryl methyl sites for hydroxylation is 2. The van der Waals surface area contributed by atoms with Crippen LogP contribution in [-0.2, 0) is 10.2 Å². The van der Waals surface area contributed by atoms with Gasteiger partial charge in [0.1, 0.15) is 5.75 Å². The monoisotopic (exact) mass is 431 g/mol. The maximum absolute atomic E-state index is 12.4. The van der Waals surface area contributed by atoms with E-state index < -0.39 is 0 Å². The molecule has 0 heterocycles. The molecule has 1 atom stereocenters. The molecule has 0 radical (unpaired) electrons. The Bertz CT molecular complexity index is 809. The average molecular weight is 432 g/mol. The second-order valence-electron chi connectivity index (χ2n) is 8.06. The van der Waals surface area contributed by atoms with Crippen LogP contribution in [0.1, 0.15) is 62.4 Å². The van der Waals surface area contributed by atoms with Gasteiger partial charge in [-0.05, 0) is 76.0 Å². The smallest absolute Gasteiger partial charge is 0.258 e. The number of nitrogens with one attached hydrogen (secondary N) is 1. The van der Waals surface area contributed by atoms with Crippen molar-refractivity contribution in [3.63, 3.8) is 0 Å². The number of benzene rings is 2. The van der Waals surface area contributed by atoms with Crippen LogP contribution in [0, 0.1) is 13.8 Å². The number of amides is 1.